The number of hydrogen-bond acceptors (Lipinski definition) is 2. The highest BCUT2D eigenvalue weighted by atomic mass is 79.9. The molecule has 2 aromatic rings. The summed E-state index contributed by atoms with van der Waals surface area (Å²) in [7, 11) is 0. The van der Waals surface area contributed by atoms with Crippen molar-refractivity contribution >= 4 is 31.9 Å². The van der Waals surface area contributed by atoms with Crippen molar-refractivity contribution in [2.24, 2.45) is 0 Å². The summed E-state index contributed by atoms with van der Waals surface area (Å²) < 4.78 is 21.0. The van der Waals surface area contributed by atoms with Crippen molar-refractivity contribution in [2.45, 2.75) is 19.4 Å². The van der Waals surface area contributed by atoms with Crippen LogP contribution in [0.3, 0.4) is 0 Å². The SMILES string of the molecule is CCCNC(c1ccc(Br)o1)c1ccc(Br)cc1F. The van der Waals surface area contributed by atoms with Crippen molar-refractivity contribution in [1.82, 2.24) is 5.32 Å². The molecule has 0 aliphatic carbocycles. The maximum atomic E-state index is 14.1. The van der Waals surface area contributed by atoms with E-state index in [0.29, 0.717) is 16.0 Å². The number of benzene rings is 1. The zero-order valence-electron chi connectivity index (χ0n) is 10.4. The molecule has 0 aliphatic rings. The molecule has 2 rings (SSSR count). The summed E-state index contributed by atoms with van der Waals surface area (Å²) in [5, 5.41) is 3.31. The molecule has 0 aliphatic heterocycles. The molecule has 2 nitrogen and oxygen atoms in total. The van der Waals surface area contributed by atoms with Crippen LogP contribution in [0.15, 0.2) is 43.9 Å². The Balaban J connectivity index is 2.36. The van der Waals surface area contributed by atoms with Crippen molar-refractivity contribution in [2.75, 3.05) is 6.54 Å². The molecule has 1 aromatic heterocycles. The minimum Gasteiger partial charge on any atom is -0.452 e. The predicted octanol–water partition coefficient (Wildman–Crippen LogP) is 5.03. The van der Waals surface area contributed by atoms with E-state index < -0.39 is 0 Å². The molecule has 5 heteroatoms. The maximum absolute atomic E-state index is 14.1. The fraction of sp³-hybridized carbons (Fsp3) is 0.286. The van der Waals surface area contributed by atoms with Gasteiger partial charge in [-0.25, -0.2) is 4.39 Å². The molecule has 0 radical (unpaired) electrons. The predicted molar refractivity (Wildman–Crippen MR) is 80.6 cm³/mol. The Labute approximate surface area is 128 Å². The van der Waals surface area contributed by atoms with E-state index in [1.54, 1.807) is 6.07 Å². The summed E-state index contributed by atoms with van der Waals surface area (Å²) in [6, 6.07) is 8.44. The first-order valence-electron chi connectivity index (χ1n) is 6.05. The lowest BCUT2D eigenvalue weighted by atomic mass is 10.0. The fourth-order valence-electron chi connectivity index (χ4n) is 1.87. The van der Waals surface area contributed by atoms with E-state index in [0.717, 1.165) is 17.4 Å². The molecule has 1 unspecified atom stereocenters. The molecular formula is C14H14Br2FNO. The minimum atomic E-state index is -0.278. The van der Waals surface area contributed by atoms with Gasteiger partial charge in [0.1, 0.15) is 11.6 Å². The first-order chi connectivity index (χ1) is 9.11. The van der Waals surface area contributed by atoms with Crippen LogP contribution in [0.1, 0.15) is 30.7 Å². The third kappa shape index (κ3) is 3.68. The Kier molecular flexibility index (Phi) is 5.19. The van der Waals surface area contributed by atoms with Gasteiger partial charge in [-0.05, 0) is 53.2 Å². The van der Waals surface area contributed by atoms with Crippen molar-refractivity contribution in [3.8, 4) is 0 Å². The van der Waals surface area contributed by atoms with E-state index in [4.69, 9.17) is 4.42 Å². The Bertz CT molecular complexity index is 556. The van der Waals surface area contributed by atoms with Crippen LogP contribution in [0, 0.1) is 5.82 Å². The largest absolute Gasteiger partial charge is 0.452 e. The molecule has 1 aromatic carbocycles. The summed E-state index contributed by atoms with van der Waals surface area (Å²) in [4.78, 5) is 0. The monoisotopic (exact) mass is 389 g/mol. The molecule has 0 amide bonds. The standard InChI is InChI=1S/C14H14Br2FNO/c1-2-7-18-14(12-5-6-13(16)19-12)10-4-3-9(15)8-11(10)17/h3-6,8,14,18H,2,7H2,1H3. The number of halogens is 3. The van der Waals surface area contributed by atoms with Gasteiger partial charge < -0.3 is 9.73 Å². The molecule has 102 valence electrons. The molecule has 0 fully saturated rings. The van der Waals surface area contributed by atoms with E-state index in [1.165, 1.54) is 6.07 Å². The summed E-state index contributed by atoms with van der Waals surface area (Å²) in [5.74, 6) is 0.442. The highest BCUT2D eigenvalue weighted by Crippen LogP contribution is 2.29. The van der Waals surface area contributed by atoms with Crippen LogP contribution in [-0.2, 0) is 0 Å². The third-order valence-corrected chi connectivity index (χ3v) is 3.67. The summed E-state index contributed by atoms with van der Waals surface area (Å²) in [6.45, 7) is 2.86. The first-order valence-corrected chi connectivity index (χ1v) is 7.64. The lowest BCUT2D eigenvalue weighted by Crippen LogP contribution is -2.23. The molecule has 0 saturated carbocycles. The lowest BCUT2D eigenvalue weighted by Gasteiger charge is -2.17. The van der Waals surface area contributed by atoms with Crippen LogP contribution < -0.4 is 5.32 Å². The van der Waals surface area contributed by atoms with Crippen LogP contribution in [0.2, 0.25) is 0 Å². The summed E-state index contributed by atoms with van der Waals surface area (Å²) >= 11 is 6.54. The van der Waals surface area contributed by atoms with Gasteiger partial charge in [0.2, 0.25) is 0 Å². The van der Waals surface area contributed by atoms with Crippen molar-refractivity contribution in [1.29, 1.82) is 0 Å². The highest BCUT2D eigenvalue weighted by molar-refractivity contribution is 9.10. The molecule has 1 atom stereocenters. The Morgan fingerprint density at radius 3 is 2.63 bits per heavy atom. The average Bonchev–Trinajstić information content (AvgIpc) is 2.78. The second-order valence-corrected chi connectivity index (χ2v) is 5.89. The second kappa shape index (κ2) is 6.68. The van der Waals surface area contributed by atoms with Crippen molar-refractivity contribution in [3.05, 3.63) is 56.6 Å². The van der Waals surface area contributed by atoms with Crippen LogP contribution in [-0.4, -0.2) is 6.54 Å². The molecule has 1 N–H and O–H groups in total. The molecule has 1 heterocycles. The number of rotatable bonds is 5. The topological polar surface area (TPSA) is 25.2 Å². The average molecular weight is 391 g/mol. The van der Waals surface area contributed by atoms with E-state index in [-0.39, 0.29) is 11.9 Å². The molecular weight excluding hydrogens is 377 g/mol. The molecule has 0 saturated heterocycles. The van der Waals surface area contributed by atoms with Crippen LogP contribution in [0.4, 0.5) is 4.39 Å². The van der Waals surface area contributed by atoms with Crippen molar-refractivity contribution < 1.29 is 8.81 Å². The second-order valence-electron chi connectivity index (χ2n) is 4.19. The van der Waals surface area contributed by atoms with Gasteiger partial charge in [-0.2, -0.15) is 0 Å². The number of hydrogen-bond donors (Lipinski definition) is 1. The number of nitrogens with one attached hydrogen (secondary N) is 1. The fourth-order valence-corrected chi connectivity index (χ4v) is 2.52. The van der Waals surface area contributed by atoms with Crippen LogP contribution >= 0.6 is 31.9 Å². The maximum Gasteiger partial charge on any atom is 0.169 e. The van der Waals surface area contributed by atoms with Gasteiger partial charge >= 0.3 is 0 Å². The van der Waals surface area contributed by atoms with Crippen molar-refractivity contribution in [3.63, 3.8) is 0 Å². The van der Waals surface area contributed by atoms with E-state index >= 15 is 0 Å². The minimum absolute atomic E-state index is 0.254. The molecule has 19 heavy (non-hydrogen) atoms. The lowest BCUT2D eigenvalue weighted by molar-refractivity contribution is 0.424. The zero-order valence-corrected chi connectivity index (χ0v) is 13.6. The van der Waals surface area contributed by atoms with Gasteiger partial charge in [-0.1, -0.05) is 28.9 Å². The van der Waals surface area contributed by atoms with Gasteiger partial charge in [0.25, 0.3) is 0 Å². The quantitative estimate of drug-likeness (QED) is 0.774. The zero-order chi connectivity index (χ0) is 13.8. The Morgan fingerprint density at radius 2 is 2.05 bits per heavy atom. The summed E-state index contributed by atoms with van der Waals surface area (Å²) in [5.41, 5.74) is 0.582. The first kappa shape index (κ1) is 14.8. The van der Waals surface area contributed by atoms with E-state index in [2.05, 4.69) is 44.1 Å². The smallest absolute Gasteiger partial charge is 0.169 e. The van der Waals surface area contributed by atoms with Gasteiger partial charge in [0.15, 0.2) is 4.67 Å². The van der Waals surface area contributed by atoms with Gasteiger partial charge in [-0.15, -0.1) is 0 Å². The third-order valence-electron chi connectivity index (χ3n) is 2.75. The van der Waals surface area contributed by atoms with Crippen LogP contribution in [0.25, 0.3) is 0 Å². The Morgan fingerprint density at radius 1 is 1.26 bits per heavy atom. The van der Waals surface area contributed by atoms with Gasteiger partial charge in [0, 0.05) is 10.0 Å². The van der Waals surface area contributed by atoms with Gasteiger partial charge in [0.05, 0.1) is 6.04 Å². The molecule has 0 bridgehead atoms. The van der Waals surface area contributed by atoms with E-state index in [9.17, 15) is 4.39 Å². The normalized spacial score (nSPS) is 12.6. The van der Waals surface area contributed by atoms with Gasteiger partial charge in [-0.3, -0.25) is 0 Å². The summed E-state index contributed by atoms with van der Waals surface area (Å²) in [6.07, 6.45) is 0.969. The van der Waals surface area contributed by atoms with Crippen LogP contribution in [0.5, 0.6) is 0 Å². The Hall–Kier alpha value is -0.650. The number of furan rings is 1. The van der Waals surface area contributed by atoms with E-state index in [1.807, 2.05) is 18.2 Å². The highest BCUT2D eigenvalue weighted by Gasteiger charge is 2.20. The molecule has 0 spiro atoms.